The Bertz CT molecular complexity index is 779. The van der Waals surface area contributed by atoms with Crippen molar-refractivity contribution in [2.45, 2.75) is 52.5 Å². The monoisotopic (exact) mass is 337 g/mol. The van der Waals surface area contributed by atoms with Gasteiger partial charge < -0.3 is 10.4 Å². The molecule has 3 nitrogen and oxygen atoms in total. The molecule has 1 aliphatic rings. The molecule has 1 aliphatic carbocycles. The first-order valence-corrected chi connectivity index (χ1v) is 9.12. The molecule has 0 fully saturated rings. The first-order chi connectivity index (χ1) is 11.9. The average molecular weight is 337 g/mol. The van der Waals surface area contributed by atoms with Crippen LogP contribution in [0, 0.1) is 5.41 Å². The Morgan fingerprint density at radius 1 is 1.20 bits per heavy atom. The van der Waals surface area contributed by atoms with E-state index in [1.54, 1.807) is 0 Å². The van der Waals surface area contributed by atoms with Gasteiger partial charge in [-0.05, 0) is 52.5 Å². The van der Waals surface area contributed by atoms with Crippen LogP contribution in [0.3, 0.4) is 0 Å². The molecule has 0 heterocycles. The van der Waals surface area contributed by atoms with Crippen LogP contribution in [0.2, 0.25) is 0 Å². The number of rotatable bonds is 4. The van der Waals surface area contributed by atoms with E-state index in [9.17, 15) is 9.90 Å². The van der Waals surface area contributed by atoms with Crippen LogP contribution in [-0.2, 0) is 12.8 Å². The molecule has 0 saturated heterocycles. The molecule has 25 heavy (non-hydrogen) atoms. The largest absolute Gasteiger partial charge is 0.465 e. The maximum atomic E-state index is 11.2. The molecule has 3 rings (SSSR count). The van der Waals surface area contributed by atoms with Gasteiger partial charge in [-0.3, -0.25) is 0 Å². The van der Waals surface area contributed by atoms with Crippen LogP contribution in [0.25, 0.3) is 11.1 Å². The number of amides is 1. The minimum absolute atomic E-state index is 0.0754. The summed E-state index contributed by atoms with van der Waals surface area (Å²) in [6.45, 7) is 6.47. The predicted molar refractivity (Wildman–Crippen MR) is 102 cm³/mol. The Hall–Kier alpha value is -2.29. The van der Waals surface area contributed by atoms with E-state index < -0.39 is 6.09 Å². The van der Waals surface area contributed by atoms with Gasteiger partial charge in [0.25, 0.3) is 0 Å². The van der Waals surface area contributed by atoms with Crippen LogP contribution in [0.15, 0.2) is 42.5 Å². The number of hydrogen-bond donors (Lipinski definition) is 2. The number of carbonyl (C=O) groups is 1. The molecule has 0 spiro atoms. The Balaban J connectivity index is 1.97. The van der Waals surface area contributed by atoms with Crippen molar-refractivity contribution in [2.75, 3.05) is 0 Å². The molecular weight excluding hydrogens is 310 g/mol. The summed E-state index contributed by atoms with van der Waals surface area (Å²) in [5.74, 6) is 0. The summed E-state index contributed by atoms with van der Waals surface area (Å²) in [7, 11) is 0. The van der Waals surface area contributed by atoms with Gasteiger partial charge in [0, 0.05) is 0 Å². The summed E-state index contributed by atoms with van der Waals surface area (Å²) >= 11 is 0. The van der Waals surface area contributed by atoms with Gasteiger partial charge in [-0.25, -0.2) is 4.79 Å². The summed E-state index contributed by atoms with van der Waals surface area (Å²) < 4.78 is 0. The van der Waals surface area contributed by atoms with E-state index in [0.29, 0.717) is 0 Å². The molecule has 1 atom stereocenters. The molecule has 2 N–H and O–H groups in total. The molecule has 0 aromatic heterocycles. The second-order valence-electron chi connectivity index (χ2n) is 7.74. The minimum atomic E-state index is -0.956. The molecule has 0 radical (unpaired) electrons. The first kappa shape index (κ1) is 17.5. The van der Waals surface area contributed by atoms with E-state index >= 15 is 0 Å². The smallest absolute Gasteiger partial charge is 0.405 e. The van der Waals surface area contributed by atoms with Crippen LogP contribution in [0.5, 0.6) is 0 Å². The molecule has 0 saturated carbocycles. The van der Waals surface area contributed by atoms with Gasteiger partial charge in [0.05, 0.1) is 6.04 Å². The second kappa shape index (κ2) is 6.91. The minimum Gasteiger partial charge on any atom is -0.465 e. The zero-order valence-corrected chi connectivity index (χ0v) is 15.3. The van der Waals surface area contributed by atoms with E-state index in [1.807, 2.05) is 0 Å². The number of benzene rings is 2. The van der Waals surface area contributed by atoms with E-state index in [2.05, 4.69) is 68.6 Å². The van der Waals surface area contributed by atoms with Crippen molar-refractivity contribution in [3.05, 3.63) is 59.2 Å². The van der Waals surface area contributed by atoms with Gasteiger partial charge in [-0.15, -0.1) is 0 Å². The third kappa shape index (κ3) is 3.71. The van der Waals surface area contributed by atoms with Crippen LogP contribution in [0.4, 0.5) is 4.79 Å². The SMILES string of the molecule is CCCc1cccc(-c2ccc3c(c2)CCC(C)(C)[C@H]3NC(=O)O)c1. The van der Waals surface area contributed by atoms with E-state index in [1.165, 1.54) is 22.3 Å². The van der Waals surface area contributed by atoms with Crippen molar-refractivity contribution in [1.82, 2.24) is 5.32 Å². The van der Waals surface area contributed by atoms with Crippen LogP contribution in [0.1, 0.15) is 56.3 Å². The molecular formula is C22H27NO2. The van der Waals surface area contributed by atoms with Gasteiger partial charge in [0.1, 0.15) is 0 Å². The number of hydrogen-bond acceptors (Lipinski definition) is 1. The van der Waals surface area contributed by atoms with Crippen molar-refractivity contribution < 1.29 is 9.90 Å². The zero-order valence-electron chi connectivity index (χ0n) is 15.3. The van der Waals surface area contributed by atoms with Crippen molar-refractivity contribution in [1.29, 1.82) is 0 Å². The van der Waals surface area contributed by atoms with Crippen LogP contribution >= 0.6 is 0 Å². The van der Waals surface area contributed by atoms with Crippen molar-refractivity contribution in [3.8, 4) is 11.1 Å². The van der Waals surface area contributed by atoms with Gasteiger partial charge in [-0.2, -0.15) is 0 Å². The summed E-state index contributed by atoms with van der Waals surface area (Å²) in [6.07, 6.45) is 3.25. The Morgan fingerprint density at radius 2 is 1.96 bits per heavy atom. The first-order valence-electron chi connectivity index (χ1n) is 9.12. The molecule has 1 amide bonds. The number of carboxylic acid groups (broad SMARTS) is 1. The maximum Gasteiger partial charge on any atom is 0.405 e. The highest BCUT2D eigenvalue weighted by Crippen LogP contribution is 2.44. The third-order valence-electron chi connectivity index (χ3n) is 5.34. The van der Waals surface area contributed by atoms with Gasteiger partial charge in [0.15, 0.2) is 0 Å². The van der Waals surface area contributed by atoms with Gasteiger partial charge in [0.2, 0.25) is 0 Å². The van der Waals surface area contributed by atoms with Crippen LogP contribution in [-0.4, -0.2) is 11.2 Å². The highest BCUT2D eigenvalue weighted by molar-refractivity contribution is 5.68. The molecule has 2 aromatic carbocycles. The lowest BCUT2D eigenvalue weighted by atomic mass is 9.70. The Morgan fingerprint density at radius 3 is 2.68 bits per heavy atom. The summed E-state index contributed by atoms with van der Waals surface area (Å²) in [5, 5.41) is 12.0. The summed E-state index contributed by atoms with van der Waals surface area (Å²) in [5.41, 5.74) is 6.12. The average Bonchev–Trinajstić information content (AvgIpc) is 2.57. The lowest BCUT2D eigenvalue weighted by Crippen LogP contribution is -2.40. The molecule has 0 aliphatic heterocycles. The number of aryl methyl sites for hydroxylation is 2. The summed E-state index contributed by atoms with van der Waals surface area (Å²) in [6, 6.07) is 15.0. The van der Waals surface area contributed by atoms with Crippen molar-refractivity contribution >= 4 is 6.09 Å². The zero-order chi connectivity index (χ0) is 18.0. The van der Waals surface area contributed by atoms with Gasteiger partial charge >= 0.3 is 6.09 Å². The third-order valence-corrected chi connectivity index (χ3v) is 5.34. The van der Waals surface area contributed by atoms with Crippen molar-refractivity contribution in [2.24, 2.45) is 5.41 Å². The standard InChI is InChI=1S/C22H27NO2/c1-4-6-15-7-5-8-16(13-15)17-9-10-19-18(14-17)11-12-22(2,3)20(19)23-21(24)25/h5,7-10,13-14,20,23H,4,6,11-12H2,1-3H3,(H,24,25)/t20-/m0/s1. The molecule has 132 valence electrons. The Labute approximate surface area is 150 Å². The highest BCUT2D eigenvalue weighted by atomic mass is 16.4. The number of fused-ring (bicyclic) bond motifs is 1. The fourth-order valence-corrected chi connectivity index (χ4v) is 3.90. The number of nitrogens with one attached hydrogen (secondary N) is 1. The Kier molecular flexibility index (Phi) is 4.85. The molecule has 3 heteroatoms. The normalized spacial score (nSPS) is 18.4. The molecule has 2 aromatic rings. The van der Waals surface area contributed by atoms with E-state index in [4.69, 9.17) is 0 Å². The summed E-state index contributed by atoms with van der Waals surface area (Å²) in [4.78, 5) is 11.2. The highest BCUT2D eigenvalue weighted by Gasteiger charge is 2.36. The maximum absolute atomic E-state index is 11.2. The molecule has 0 bridgehead atoms. The fraction of sp³-hybridized carbons (Fsp3) is 0.409. The second-order valence-corrected chi connectivity index (χ2v) is 7.74. The predicted octanol–water partition coefficient (Wildman–Crippen LogP) is 5.59. The fourth-order valence-electron chi connectivity index (χ4n) is 3.90. The molecule has 0 unspecified atom stereocenters. The quantitative estimate of drug-likeness (QED) is 0.764. The van der Waals surface area contributed by atoms with E-state index in [0.717, 1.165) is 31.2 Å². The lowest BCUT2D eigenvalue weighted by Gasteiger charge is -2.40. The van der Waals surface area contributed by atoms with E-state index in [-0.39, 0.29) is 11.5 Å². The van der Waals surface area contributed by atoms with Gasteiger partial charge in [-0.1, -0.05) is 69.7 Å². The van der Waals surface area contributed by atoms with Crippen LogP contribution < -0.4 is 5.32 Å². The lowest BCUT2D eigenvalue weighted by molar-refractivity contribution is 0.161. The van der Waals surface area contributed by atoms with Crippen molar-refractivity contribution in [3.63, 3.8) is 0 Å². The topological polar surface area (TPSA) is 49.3 Å².